The molecule has 1 aromatic carbocycles. The minimum atomic E-state index is -1.12. The second kappa shape index (κ2) is 5.32. The largest absolute Gasteiger partial charge is 0.481 e. The Morgan fingerprint density at radius 3 is 2.40 bits per heavy atom. The van der Waals surface area contributed by atoms with E-state index in [1.807, 2.05) is 26.0 Å². The Morgan fingerprint density at radius 1 is 1.30 bits per heavy atom. The first-order valence-electron chi connectivity index (χ1n) is 6.36. The van der Waals surface area contributed by atoms with Crippen LogP contribution in [0.5, 0.6) is 0 Å². The number of carbonyl (C=O) groups is 3. The first-order chi connectivity index (χ1) is 9.40. The molecule has 106 valence electrons. The van der Waals surface area contributed by atoms with Crippen LogP contribution in [0, 0.1) is 0 Å². The summed E-state index contributed by atoms with van der Waals surface area (Å²) in [5.74, 6) is -1.30. The number of nitrogens with zero attached hydrogens (tertiary/aromatic N) is 1. The van der Waals surface area contributed by atoms with Crippen molar-refractivity contribution in [2.24, 2.45) is 0 Å². The fourth-order valence-electron chi connectivity index (χ4n) is 2.10. The zero-order valence-corrected chi connectivity index (χ0v) is 11.3. The lowest BCUT2D eigenvalue weighted by Gasteiger charge is -2.14. The number of urea groups is 1. The highest BCUT2D eigenvalue weighted by atomic mass is 16.4. The number of benzene rings is 1. The molecule has 1 atom stereocenters. The zero-order chi connectivity index (χ0) is 14.9. The van der Waals surface area contributed by atoms with E-state index in [1.54, 1.807) is 12.1 Å². The standard InChI is InChI=1S/C14H16N2O4/c1-8(2)9-3-5-10(6-4-9)16-13(19)11(7-12(17)18)15-14(16)20/h3-6,8,11H,7H2,1-2H3,(H,15,20)(H,17,18). The summed E-state index contributed by atoms with van der Waals surface area (Å²) in [6.07, 6.45) is -0.412. The van der Waals surface area contributed by atoms with Crippen LogP contribution in [0.3, 0.4) is 0 Å². The van der Waals surface area contributed by atoms with Gasteiger partial charge in [-0.15, -0.1) is 0 Å². The Morgan fingerprint density at radius 2 is 1.90 bits per heavy atom. The number of imide groups is 1. The van der Waals surface area contributed by atoms with Gasteiger partial charge in [0.2, 0.25) is 0 Å². The maximum absolute atomic E-state index is 12.0. The van der Waals surface area contributed by atoms with Crippen molar-refractivity contribution in [2.75, 3.05) is 4.90 Å². The summed E-state index contributed by atoms with van der Waals surface area (Å²) < 4.78 is 0. The second-order valence-electron chi connectivity index (χ2n) is 5.02. The van der Waals surface area contributed by atoms with Gasteiger partial charge in [-0.05, 0) is 23.6 Å². The van der Waals surface area contributed by atoms with Gasteiger partial charge >= 0.3 is 12.0 Å². The smallest absolute Gasteiger partial charge is 0.329 e. The quantitative estimate of drug-likeness (QED) is 0.820. The van der Waals surface area contributed by atoms with E-state index in [-0.39, 0.29) is 0 Å². The van der Waals surface area contributed by atoms with E-state index in [0.717, 1.165) is 10.5 Å². The van der Waals surface area contributed by atoms with Gasteiger partial charge in [-0.25, -0.2) is 9.69 Å². The van der Waals surface area contributed by atoms with Gasteiger partial charge < -0.3 is 10.4 Å². The third-order valence-corrected chi connectivity index (χ3v) is 3.22. The Kier molecular flexibility index (Phi) is 3.74. The van der Waals surface area contributed by atoms with Gasteiger partial charge in [0.05, 0.1) is 12.1 Å². The van der Waals surface area contributed by atoms with Crippen molar-refractivity contribution in [3.8, 4) is 0 Å². The summed E-state index contributed by atoms with van der Waals surface area (Å²) >= 11 is 0. The number of amides is 3. The lowest BCUT2D eigenvalue weighted by Crippen LogP contribution is -2.32. The number of hydrogen-bond donors (Lipinski definition) is 2. The Balaban J connectivity index is 2.22. The monoisotopic (exact) mass is 276 g/mol. The summed E-state index contributed by atoms with van der Waals surface area (Å²) in [5.41, 5.74) is 1.55. The molecule has 1 aliphatic rings. The molecular weight excluding hydrogens is 260 g/mol. The highest BCUT2D eigenvalue weighted by molar-refractivity contribution is 6.21. The van der Waals surface area contributed by atoms with E-state index in [0.29, 0.717) is 11.6 Å². The topological polar surface area (TPSA) is 86.7 Å². The SMILES string of the molecule is CC(C)c1ccc(N2C(=O)NC(CC(=O)O)C2=O)cc1. The van der Waals surface area contributed by atoms with Gasteiger partial charge in [0.15, 0.2) is 0 Å². The summed E-state index contributed by atoms with van der Waals surface area (Å²) in [6, 6.07) is 5.51. The molecule has 20 heavy (non-hydrogen) atoms. The average molecular weight is 276 g/mol. The number of anilines is 1. The Bertz CT molecular complexity index is 551. The van der Waals surface area contributed by atoms with Gasteiger partial charge in [-0.1, -0.05) is 26.0 Å². The Hall–Kier alpha value is -2.37. The van der Waals surface area contributed by atoms with E-state index < -0.39 is 30.4 Å². The zero-order valence-electron chi connectivity index (χ0n) is 11.3. The third-order valence-electron chi connectivity index (χ3n) is 3.22. The molecule has 6 heteroatoms. The maximum atomic E-state index is 12.0. The van der Waals surface area contributed by atoms with Crippen molar-refractivity contribution in [1.82, 2.24) is 5.32 Å². The number of carboxylic acid groups (broad SMARTS) is 1. The van der Waals surface area contributed by atoms with Gasteiger partial charge in [0.1, 0.15) is 6.04 Å². The predicted molar refractivity (Wildman–Crippen MR) is 72.6 cm³/mol. The Labute approximate surface area is 116 Å². The third kappa shape index (κ3) is 2.64. The maximum Gasteiger partial charge on any atom is 0.329 e. The summed E-state index contributed by atoms with van der Waals surface area (Å²) in [6.45, 7) is 4.09. The molecule has 0 bridgehead atoms. The van der Waals surface area contributed by atoms with Crippen LogP contribution in [0.15, 0.2) is 24.3 Å². The lowest BCUT2D eigenvalue weighted by molar-refractivity contribution is -0.139. The number of aliphatic carboxylic acids is 1. The molecule has 3 amide bonds. The van der Waals surface area contributed by atoms with E-state index in [9.17, 15) is 14.4 Å². The van der Waals surface area contributed by atoms with Gasteiger partial charge in [0.25, 0.3) is 5.91 Å². The van der Waals surface area contributed by atoms with Gasteiger partial charge in [-0.3, -0.25) is 9.59 Å². The molecule has 0 saturated carbocycles. The van der Waals surface area contributed by atoms with Crippen molar-refractivity contribution < 1.29 is 19.5 Å². The summed E-state index contributed by atoms with van der Waals surface area (Å²) in [5, 5.41) is 11.1. The van der Waals surface area contributed by atoms with Crippen molar-refractivity contribution in [1.29, 1.82) is 0 Å². The van der Waals surface area contributed by atoms with Gasteiger partial charge in [-0.2, -0.15) is 0 Å². The van der Waals surface area contributed by atoms with Crippen LogP contribution in [0.2, 0.25) is 0 Å². The first-order valence-corrected chi connectivity index (χ1v) is 6.36. The fourth-order valence-corrected chi connectivity index (χ4v) is 2.10. The highest BCUT2D eigenvalue weighted by Crippen LogP contribution is 2.23. The molecule has 0 aliphatic carbocycles. The van der Waals surface area contributed by atoms with E-state index in [1.165, 1.54) is 0 Å². The molecule has 1 saturated heterocycles. The molecule has 1 aliphatic heterocycles. The van der Waals surface area contributed by atoms with Crippen LogP contribution >= 0.6 is 0 Å². The average Bonchev–Trinajstić information content (AvgIpc) is 2.64. The molecular formula is C14H16N2O4. The van der Waals surface area contributed by atoms with Crippen LogP contribution < -0.4 is 10.2 Å². The van der Waals surface area contributed by atoms with E-state index in [4.69, 9.17) is 5.11 Å². The first kappa shape index (κ1) is 14.0. The number of nitrogens with one attached hydrogen (secondary N) is 1. The van der Waals surface area contributed by atoms with Crippen molar-refractivity contribution in [3.63, 3.8) is 0 Å². The molecule has 2 rings (SSSR count). The molecule has 6 nitrogen and oxygen atoms in total. The summed E-state index contributed by atoms with van der Waals surface area (Å²) in [4.78, 5) is 35.5. The fraction of sp³-hybridized carbons (Fsp3) is 0.357. The van der Waals surface area contributed by atoms with Crippen molar-refractivity contribution >= 4 is 23.6 Å². The molecule has 0 radical (unpaired) electrons. The lowest BCUT2D eigenvalue weighted by atomic mass is 10.0. The van der Waals surface area contributed by atoms with Crippen LogP contribution in [0.25, 0.3) is 0 Å². The molecule has 1 aromatic rings. The minimum absolute atomic E-state index is 0.354. The van der Waals surface area contributed by atoms with E-state index in [2.05, 4.69) is 5.32 Å². The predicted octanol–water partition coefficient (Wildman–Crippen LogP) is 1.71. The molecule has 0 aromatic heterocycles. The molecule has 1 fully saturated rings. The van der Waals surface area contributed by atoms with Crippen LogP contribution in [-0.2, 0) is 9.59 Å². The number of rotatable bonds is 4. The van der Waals surface area contributed by atoms with Crippen LogP contribution in [-0.4, -0.2) is 29.1 Å². The molecule has 1 heterocycles. The second-order valence-corrected chi connectivity index (χ2v) is 5.02. The molecule has 0 spiro atoms. The number of carboxylic acids is 1. The molecule has 2 N–H and O–H groups in total. The van der Waals surface area contributed by atoms with Crippen molar-refractivity contribution in [2.45, 2.75) is 32.2 Å². The van der Waals surface area contributed by atoms with Gasteiger partial charge in [0, 0.05) is 0 Å². The minimum Gasteiger partial charge on any atom is -0.481 e. The highest BCUT2D eigenvalue weighted by Gasteiger charge is 2.39. The normalized spacial score (nSPS) is 18.6. The van der Waals surface area contributed by atoms with Crippen LogP contribution in [0.4, 0.5) is 10.5 Å². The number of hydrogen-bond acceptors (Lipinski definition) is 3. The number of carbonyl (C=O) groups excluding carboxylic acids is 2. The molecule has 1 unspecified atom stereocenters. The summed E-state index contributed by atoms with van der Waals surface area (Å²) in [7, 11) is 0. The van der Waals surface area contributed by atoms with E-state index >= 15 is 0 Å². The van der Waals surface area contributed by atoms with Crippen LogP contribution in [0.1, 0.15) is 31.7 Å². The van der Waals surface area contributed by atoms with Crippen molar-refractivity contribution in [3.05, 3.63) is 29.8 Å².